The molecule has 0 atom stereocenters. The Morgan fingerprint density at radius 3 is 2.81 bits per heavy atom. The van der Waals surface area contributed by atoms with Gasteiger partial charge in [-0.05, 0) is 37.1 Å². The average Bonchev–Trinajstić information content (AvgIpc) is 2.51. The van der Waals surface area contributed by atoms with Crippen molar-refractivity contribution in [1.29, 1.82) is 0 Å². The van der Waals surface area contributed by atoms with Crippen molar-refractivity contribution in [2.75, 3.05) is 12.9 Å². The van der Waals surface area contributed by atoms with Crippen LogP contribution in [0.2, 0.25) is 0 Å². The molecule has 1 heterocycles. The average molecular weight is 297 g/mol. The van der Waals surface area contributed by atoms with Gasteiger partial charge in [-0.3, -0.25) is 0 Å². The third kappa shape index (κ3) is 4.37. The summed E-state index contributed by atoms with van der Waals surface area (Å²) in [5, 5.41) is 0. The topological polar surface area (TPSA) is 39.2 Å². The number of carbonyl (C=O) groups is 1. The van der Waals surface area contributed by atoms with E-state index in [0.29, 0.717) is 11.3 Å². The van der Waals surface area contributed by atoms with Crippen LogP contribution in [0, 0.1) is 18.8 Å². The molecule has 2 aromatic rings. The molecule has 0 radical (unpaired) electrons. The fourth-order valence-electron chi connectivity index (χ4n) is 1.72. The minimum absolute atomic E-state index is 0.327. The van der Waals surface area contributed by atoms with Crippen LogP contribution in [0.3, 0.4) is 0 Å². The zero-order valence-corrected chi connectivity index (χ0v) is 12.7. The van der Waals surface area contributed by atoms with Crippen LogP contribution in [-0.4, -0.2) is 23.8 Å². The van der Waals surface area contributed by atoms with Crippen molar-refractivity contribution >= 4 is 17.7 Å². The van der Waals surface area contributed by atoms with E-state index in [2.05, 4.69) is 16.8 Å². The molecule has 0 aliphatic carbocycles. The van der Waals surface area contributed by atoms with Crippen molar-refractivity contribution in [2.24, 2.45) is 0 Å². The predicted molar refractivity (Wildman–Crippen MR) is 84.4 cm³/mol. The zero-order valence-electron chi connectivity index (χ0n) is 11.9. The first-order chi connectivity index (χ1) is 10.2. The first-order valence-electron chi connectivity index (χ1n) is 6.43. The predicted octanol–water partition coefficient (Wildman–Crippen LogP) is 3.32. The molecule has 0 N–H and O–H groups in total. The lowest BCUT2D eigenvalue weighted by molar-refractivity contribution is 0.0597. The van der Waals surface area contributed by atoms with E-state index >= 15 is 0 Å². The van der Waals surface area contributed by atoms with E-state index in [4.69, 9.17) is 4.74 Å². The Bertz CT molecular complexity index is 701. The molecule has 0 fully saturated rings. The number of hydrogen-bond donors (Lipinski definition) is 0. The lowest BCUT2D eigenvalue weighted by Gasteiger charge is -2.04. The van der Waals surface area contributed by atoms with Gasteiger partial charge in [0.1, 0.15) is 5.69 Å². The van der Waals surface area contributed by atoms with Crippen LogP contribution in [0.25, 0.3) is 0 Å². The summed E-state index contributed by atoms with van der Waals surface area (Å²) in [7, 11) is 1.38. The summed E-state index contributed by atoms with van der Waals surface area (Å²) in [6.07, 6.45) is 0. The van der Waals surface area contributed by atoms with Crippen LogP contribution < -0.4 is 0 Å². The van der Waals surface area contributed by atoms with E-state index in [1.807, 2.05) is 43.3 Å². The molecule has 0 spiro atoms. The van der Waals surface area contributed by atoms with E-state index in [9.17, 15) is 4.79 Å². The van der Waals surface area contributed by atoms with E-state index in [-0.39, 0.29) is 5.97 Å². The monoisotopic (exact) mass is 297 g/mol. The molecule has 3 nitrogen and oxygen atoms in total. The first-order valence-corrected chi connectivity index (χ1v) is 7.42. The fourth-order valence-corrected chi connectivity index (χ4v) is 2.51. The third-order valence-electron chi connectivity index (χ3n) is 2.70. The molecule has 21 heavy (non-hydrogen) atoms. The van der Waals surface area contributed by atoms with Gasteiger partial charge in [0.25, 0.3) is 0 Å². The van der Waals surface area contributed by atoms with Crippen LogP contribution in [0.5, 0.6) is 0 Å². The number of thioether (sulfide) groups is 1. The summed E-state index contributed by atoms with van der Waals surface area (Å²) in [4.78, 5) is 16.8. The van der Waals surface area contributed by atoms with Gasteiger partial charge in [-0.2, -0.15) is 0 Å². The molecular formula is C17H15NO2S. The number of benzene rings is 1. The van der Waals surface area contributed by atoms with Crippen molar-refractivity contribution < 1.29 is 9.53 Å². The highest BCUT2D eigenvalue weighted by Gasteiger charge is 2.10. The summed E-state index contributed by atoms with van der Waals surface area (Å²) in [6.45, 7) is 1.94. The number of carbonyl (C=O) groups excluding carboxylic acids is 1. The van der Waals surface area contributed by atoms with E-state index in [0.717, 1.165) is 16.3 Å². The Labute approximate surface area is 128 Å². The summed E-state index contributed by atoms with van der Waals surface area (Å²) < 4.78 is 4.77. The summed E-state index contributed by atoms with van der Waals surface area (Å²) in [5.41, 5.74) is 2.28. The molecule has 0 aliphatic rings. The number of rotatable bonds is 3. The maximum atomic E-state index is 11.6. The largest absolute Gasteiger partial charge is 0.465 e. The molecule has 106 valence electrons. The summed E-state index contributed by atoms with van der Waals surface area (Å²) in [5.74, 6) is 6.34. The summed E-state index contributed by atoms with van der Waals surface area (Å²) >= 11 is 1.51. The van der Waals surface area contributed by atoms with Gasteiger partial charge in [-0.15, -0.1) is 11.8 Å². The van der Waals surface area contributed by atoms with Gasteiger partial charge < -0.3 is 4.74 Å². The van der Waals surface area contributed by atoms with Gasteiger partial charge in [0, 0.05) is 10.6 Å². The minimum Gasteiger partial charge on any atom is -0.465 e. The van der Waals surface area contributed by atoms with Crippen LogP contribution >= 0.6 is 11.8 Å². The van der Waals surface area contributed by atoms with Gasteiger partial charge in [0.05, 0.1) is 18.4 Å². The third-order valence-corrected chi connectivity index (χ3v) is 3.65. The van der Waals surface area contributed by atoms with Crippen molar-refractivity contribution in [2.45, 2.75) is 11.8 Å². The normalized spacial score (nSPS) is 9.62. The molecule has 2 rings (SSSR count). The maximum absolute atomic E-state index is 11.6. The number of ether oxygens (including phenoxy) is 1. The molecule has 0 bridgehead atoms. The molecule has 1 aromatic carbocycles. The Hall–Kier alpha value is -2.25. The smallest absolute Gasteiger partial charge is 0.338 e. The number of nitrogens with zero attached hydrogens (tertiary/aromatic N) is 1. The van der Waals surface area contributed by atoms with E-state index in [1.54, 1.807) is 6.07 Å². The SMILES string of the molecule is COC(=O)c1ccccc1SCC#Cc1cccc(C)n1. The number of methoxy groups -OCH3 is 1. The van der Waals surface area contributed by atoms with Crippen molar-refractivity contribution in [1.82, 2.24) is 4.98 Å². The number of pyridine rings is 1. The van der Waals surface area contributed by atoms with Crippen molar-refractivity contribution in [3.63, 3.8) is 0 Å². The van der Waals surface area contributed by atoms with Crippen molar-refractivity contribution in [3.05, 3.63) is 59.4 Å². The molecule has 4 heteroatoms. The van der Waals surface area contributed by atoms with E-state index < -0.39 is 0 Å². The summed E-state index contributed by atoms with van der Waals surface area (Å²) in [6, 6.07) is 13.1. The fraction of sp³-hybridized carbons (Fsp3) is 0.176. The Balaban J connectivity index is 2.03. The number of aryl methyl sites for hydroxylation is 1. The Morgan fingerprint density at radius 2 is 2.05 bits per heavy atom. The highest BCUT2D eigenvalue weighted by atomic mass is 32.2. The van der Waals surface area contributed by atoms with Crippen LogP contribution in [-0.2, 0) is 4.74 Å². The van der Waals surface area contributed by atoms with Gasteiger partial charge >= 0.3 is 5.97 Å². The molecule has 0 saturated carbocycles. The lowest BCUT2D eigenvalue weighted by atomic mass is 10.2. The second-order valence-electron chi connectivity index (χ2n) is 4.24. The molecule has 0 unspecified atom stereocenters. The first kappa shape index (κ1) is 15.1. The molecular weight excluding hydrogens is 282 g/mol. The molecule has 0 amide bonds. The van der Waals surface area contributed by atoms with E-state index in [1.165, 1.54) is 18.9 Å². The highest BCUT2D eigenvalue weighted by molar-refractivity contribution is 7.99. The van der Waals surface area contributed by atoms with Gasteiger partial charge in [0.2, 0.25) is 0 Å². The Kier molecular flexibility index (Phi) is 5.42. The Morgan fingerprint density at radius 1 is 1.24 bits per heavy atom. The highest BCUT2D eigenvalue weighted by Crippen LogP contribution is 2.22. The quantitative estimate of drug-likeness (QED) is 0.495. The zero-order chi connectivity index (χ0) is 15.1. The van der Waals surface area contributed by atoms with Crippen LogP contribution in [0.4, 0.5) is 0 Å². The van der Waals surface area contributed by atoms with Gasteiger partial charge in [-0.1, -0.05) is 24.1 Å². The van der Waals surface area contributed by atoms with Crippen LogP contribution in [0.15, 0.2) is 47.4 Å². The molecule has 0 saturated heterocycles. The standard InChI is InChI=1S/C17H15NO2S/c1-13-7-5-8-14(18-13)9-6-12-21-16-11-4-3-10-15(16)17(19)20-2/h3-5,7-8,10-11H,12H2,1-2H3. The minimum atomic E-state index is -0.327. The maximum Gasteiger partial charge on any atom is 0.338 e. The van der Waals surface area contributed by atoms with Crippen molar-refractivity contribution in [3.8, 4) is 11.8 Å². The second kappa shape index (κ2) is 7.51. The number of hydrogen-bond acceptors (Lipinski definition) is 4. The van der Waals surface area contributed by atoms with Gasteiger partial charge in [0.15, 0.2) is 0 Å². The number of esters is 1. The second-order valence-corrected chi connectivity index (χ2v) is 5.26. The molecule has 0 aliphatic heterocycles. The lowest BCUT2D eigenvalue weighted by Crippen LogP contribution is -2.02. The number of aromatic nitrogens is 1. The van der Waals surface area contributed by atoms with Crippen LogP contribution in [0.1, 0.15) is 21.7 Å². The van der Waals surface area contributed by atoms with Gasteiger partial charge in [-0.25, -0.2) is 9.78 Å². The molecule has 1 aromatic heterocycles.